The van der Waals surface area contributed by atoms with E-state index in [4.69, 9.17) is 0 Å². The summed E-state index contributed by atoms with van der Waals surface area (Å²) in [6, 6.07) is 7.78. The van der Waals surface area contributed by atoms with Gasteiger partial charge in [-0.1, -0.05) is 29.8 Å². The zero-order valence-electron chi connectivity index (χ0n) is 11.5. The van der Waals surface area contributed by atoms with E-state index in [1.807, 2.05) is 31.2 Å². The third-order valence-electron chi connectivity index (χ3n) is 2.50. The Bertz CT molecular complexity index is 665. The minimum atomic E-state index is -0.586. The number of thioether (sulfide) groups is 1. The largest absolute Gasteiger partial charge is 0.466 e. The summed E-state index contributed by atoms with van der Waals surface area (Å²) in [7, 11) is 1.25. The molecule has 1 saturated heterocycles. The van der Waals surface area contributed by atoms with E-state index in [-0.39, 0.29) is 4.91 Å². The first-order chi connectivity index (χ1) is 10.1. The molecule has 1 aromatic rings. The van der Waals surface area contributed by atoms with E-state index in [0.717, 1.165) is 29.0 Å². The fraction of sp³-hybridized carbons (Fsp3) is 0.143. The van der Waals surface area contributed by atoms with Gasteiger partial charge in [-0.2, -0.15) is 5.10 Å². The minimum Gasteiger partial charge on any atom is -0.466 e. The number of carbonyl (C=O) groups is 2. The van der Waals surface area contributed by atoms with E-state index < -0.39 is 11.9 Å². The summed E-state index contributed by atoms with van der Waals surface area (Å²) in [5.41, 5.74) is 2.04. The molecule has 0 spiro atoms. The SMILES string of the molecule is COC(=O)/C=C1/S/C(=N\N=Cc2cccc(C)c2)NC1=O. The maximum absolute atomic E-state index is 11.6. The molecule has 6 nitrogen and oxygen atoms in total. The predicted molar refractivity (Wildman–Crippen MR) is 82.0 cm³/mol. The highest BCUT2D eigenvalue weighted by Crippen LogP contribution is 2.23. The molecule has 7 heteroatoms. The molecule has 1 aliphatic heterocycles. The first-order valence-electron chi connectivity index (χ1n) is 6.05. The summed E-state index contributed by atoms with van der Waals surface area (Å²) in [5, 5.41) is 10.7. The van der Waals surface area contributed by atoms with Crippen LogP contribution in [0.3, 0.4) is 0 Å². The van der Waals surface area contributed by atoms with Gasteiger partial charge in [-0.3, -0.25) is 10.1 Å². The Labute approximate surface area is 126 Å². The van der Waals surface area contributed by atoms with Crippen LogP contribution >= 0.6 is 11.8 Å². The molecule has 0 bridgehead atoms. The van der Waals surface area contributed by atoms with Gasteiger partial charge in [0.2, 0.25) is 0 Å². The molecule has 108 valence electrons. The number of hydrogen-bond donors (Lipinski definition) is 1. The Hall–Kier alpha value is -2.41. The maximum atomic E-state index is 11.6. The summed E-state index contributed by atoms with van der Waals surface area (Å²) < 4.78 is 4.47. The number of carbonyl (C=O) groups excluding carboxylic acids is 2. The van der Waals surface area contributed by atoms with Crippen LogP contribution in [0.2, 0.25) is 0 Å². The van der Waals surface area contributed by atoms with Gasteiger partial charge < -0.3 is 4.74 Å². The van der Waals surface area contributed by atoms with Crippen LogP contribution in [-0.2, 0) is 14.3 Å². The van der Waals surface area contributed by atoms with Crippen LogP contribution in [0.5, 0.6) is 0 Å². The van der Waals surface area contributed by atoms with Crippen molar-refractivity contribution in [2.45, 2.75) is 6.92 Å². The molecule has 0 aromatic heterocycles. The summed E-state index contributed by atoms with van der Waals surface area (Å²) >= 11 is 1.04. The van der Waals surface area contributed by atoms with Crippen molar-refractivity contribution in [3.8, 4) is 0 Å². The van der Waals surface area contributed by atoms with Crippen molar-refractivity contribution >= 4 is 35.0 Å². The monoisotopic (exact) mass is 303 g/mol. The van der Waals surface area contributed by atoms with Crippen LogP contribution < -0.4 is 5.32 Å². The molecule has 1 fully saturated rings. The standard InChI is InChI=1S/C14H13N3O3S/c1-9-4-3-5-10(6-9)8-15-17-14-16-13(19)11(21-14)7-12(18)20-2/h3-8H,1-2H3,(H,16,17,19)/b11-7+,15-8?. The number of amidine groups is 1. The molecule has 0 aliphatic carbocycles. The Morgan fingerprint density at radius 2 is 2.24 bits per heavy atom. The molecule has 1 heterocycles. The third kappa shape index (κ3) is 4.28. The highest BCUT2D eigenvalue weighted by Gasteiger charge is 2.24. The van der Waals surface area contributed by atoms with E-state index in [1.165, 1.54) is 7.11 Å². The zero-order chi connectivity index (χ0) is 15.2. The lowest BCUT2D eigenvalue weighted by atomic mass is 10.2. The molecule has 0 atom stereocenters. The van der Waals surface area contributed by atoms with Crippen LogP contribution in [0.15, 0.2) is 45.4 Å². The number of amides is 1. The van der Waals surface area contributed by atoms with E-state index in [0.29, 0.717) is 5.17 Å². The van der Waals surface area contributed by atoms with Gasteiger partial charge in [0, 0.05) is 6.08 Å². The highest BCUT2D eigenvalue weighted by molar-refractivity contribution is 8.18. The molecule has 1 amide bonds. The van der Waals surface area contributed by atoms with Gasteiger partial charge in [-0.05, 0) is 24.2 Å². The molecule has 2 rings (SSSR count). The lowest BCUT2D eigenvalue weighted by molar-refractivity contribution is -0.135. The number of esters is 1. The second-order valence-electron chi connectivity index (χ2n) is 4.15. The smallest absolute Gasteiger partial charge is 0.331 e. The normalized spacial score (nSPS) is 18.5. The number of aryl methyl sites for hydroxylation is 1. The van der Waals surface area contributed by atoms with Crippen molar-refractivity contribution in [1.29, 1.82) is 0 Å². The molecular weight excluding hydrogens is 290 g/mol. The molecule has 0 radical (unpaired) electrons. The predicted octanol–water partition coefficient (Wildman–Crippen LogP) is 1.60. The van der Waals surface area contributed by atoms with Crippen molar-refractivity contribution in [3.05, 3.63) is 46.4 Å². The fourth-order valence-electron chi connectivity index (χ4n) is 1.54. The number of methoxy groups -OCH3 is 1. The van der Waals surface area contributed by atoms with Crippen LogP contribution in [0.4, 0.5) is 0 Å². The number of nitrogens with one attached hydrogen (secondary N) is 1. The van der Waals surface area contributed by atoms with Gasteiger partial charge in [0.15, 0.2) is 5.17 Å². The van der Waals surface area contributed by atoms with E-state index >= 15 is 0 Å². The summed E-state index contributed by atoms with van der Waals surface area (Å²) in [5.74, 6) is -0.980. The molecular formula is C14H13N3O3S. The second-order valence-corrected chi connectivity index (χ2v) is 5.18. The van der Waals surface area contributed by atoms with Crippen molar-refractivity contribution < 1.29 is 14.3 Å². The summed E-state index contributed by atoms with van der Waals surface area (Å²) in [4.78, 5) is 22.9. The molecule has 1 N–H and O–H groups in total. The summed E-state index contributed by atoms with van der Waals surface area (Å²) in [6.07, 6.45) is 2.71. The average molecular weight is 303 g/mol. The number of hydrogen-bond acceptors (Lipinski definition) is 6. The highest BCUT2D eigenvalue weighted by atomic mass is 32.2. The fourth-order valence-corrected chi connectivity index (χ4v) is 2.28. The number of benzene rings is 1. The van der Waals surface area contributed by atoms with Gasteiger partial charge in [0.1, 0.15) is 0 Å². The molecule has 0 unspecified atom stereocenters. The lowest BCUT2D eigenvalue weighted by Crippen LogP contribution is -2.19. The Balaban J connectivity index is 2.05. The van der Waals surface area contributed by atoms with Crippen LogP contribution in [0.25, 0.3) is 0 Å². The molecule has 0 saturated carbocycles. The Morgan fingerprint density at radius 3 is 2.95 bits per heavy atom. The minimum absolute atomic E-state index is 0.228. The van der Waals surface area contributed by atoms with Gasteiger partial charge >= 0.3 is 5.97 Å². The number of ether oxygens (including phenoxy) is 1. The molecule has 1 aromatic carbocycles. The maximum Gasteiger partial charge on any atom is 0.331 e. The quantitative estimate of drug-likeness (QED) is 0.398. The average Bonchev–Trinajstić information content (AvgIpc) is 2.79. The van der Waals surface area contributed by atoms with Crippen molar-refractivity contribution in [2.24, 2.45) is 10.2 Å². The van der Waals surface area contributed by atoms with Crippen LogP contribution in [0.1, 0.15) is 11.1 Å². The van der Waals surface area contributed by atoms with E-state index in [1.54, 1.807) is 6.21 Å². The van der Waals surface area contributed by atoms with Gasteiger partial charge in [0.05, 0.1) is 18.2 Å². The lowest BCUT2D eigenvalue weighted by Gasteiger charge is -1.93. The topological polar surface area (TPSA) is 80.1 Å². The van der Waals surface area contributed by atoms with E-state index in [9.17, 15) is 9.59 Å². The van der Waals surface area contributed by atoms with E-state index in [2.05, 4.69) is 20.3 Å². The number of rotatable bonds is 3. The van der Waals surface area contributed by atoms with Crippen LogP contribution in [0, 0.1) is 6.92 Å². The second kappa shape index (κ2) is 6.85. The van der Waals surface area contributed by atoms with Crippen molar-refractivity contribution in [3.63, 3.8) is 0 Å². The zero-order valence-corrected chi connectivity index (χ0v) is 12.3. The molecule has 21 heavy (non-hydrogen) atoms. The van der Waals surface area contributed by atoms with Crippen molar-refractivity contribution in [1.82, 2.24) is 5.32 Å². The Morgan fingerprint density at radius 1 is 1.43 bits per heavy atom. The van der Waals surface area contributed by atoms with Gasteiger partial charge in [-0.25, -0.2) is 4.79 Å². The first-order valence-corrected chi connectivity index (χ1v) is 6.86. The van der Waals surface area contributed by atoms with Crippen LogP contribution in [-0.4, -0.2) is 30.4 Å². The third-order valence-corrected chi connectivity index (χ3v) is 3.40. The number of nitrogens with zero attached hydrogens (tertiary/aromatic N) is 2. The first kappa shape index (κ1) is 15.0. The summed E-state index contributed by atoms with van der Waals surface area (Å²) in [6.45, 7) is 1.99. The van der Waals surface area contributed by atoms with Gasteiger partial charge in [0.25, 0.3) is 5.91 Å². The van der Waals surface area contributed by atoms with Gasteiger partial charge in [-0.15, -0.1) is 5.10 Å². The Kier molecular flexibility index (Phi) is 4.89. The molecule has 1 aliphatic rings. The van der Waals surface area contributed by atoms with Crippen molar-refractivity contribution in [2.75, 3.05) is 7.11 Å².